The average molecular weight is 328 g/mol. The van der Waals surface area contributed by atoms with Crippen LogP contribution in [-0.2, 0) is 4.74 Å². The molecule has 1 aromatic carbocycles. The van der Waals surface area contributed by atoms with Gasteiger partial charge in [-0.3, -0.25) is 9.69 Å². The molecule has 0 N–H and O–H groups in total. The number of likely N-dealkylation sites (tertiary alicyclic amines) is 1. The first-order valence-electron chi connectivity index (χ1n) is 9.45. The number of nitrogens with zero attached hydrogens (tertiary/aromatic N) is 2. The SMILES string of the molecule is O=C(c1ccccc1)N1CC[C@@H](CN(C[C@@H]2CCOC2)C2CC2)C1. The van der Waals surface area contributed by atoms with E-state index >= 15 is 0 Å². The van der Waals surface area contributed by atoms with E-state index < -0.39 is 0 Å². The zero-order valence-electron chi connectivity index (χ0n) is 14.4. The lowest BCUT2D eigenvalue weighted by Gasteiger charge is -2.27. The second-order valence-electron chi connectivity index (χ2n) is 7.69. The van der Waals surface area contributed by atoms with Crippen LogP contribution in [0.3, 0.4) is 0 Å². The molecule has 0 aromatic heterocycles. The Balaban J connectivity index is 1.31. The van der Waals surface area contributed by atoms with Gasteiger partial charge in [0.2, 0.25) is 0 Å². The Morgan fingerprint density at radius 3 is 2.58 bits per heavy atom. The summed E-state index contributed by atoms with van der Waals surface area (Å²) in [6, 6.07) is 10.5. The van der Waals surface area contributed by atoms with E-state index in [1.165, 1.54) is 25.8 Å². The van der Waals surface area contributed by atoms with E-state index in [2.05, 4.69) is 4.90 Å². The molecule has 2 heterocycles. The van der Waals surface area contributed by atoms with Crippen LogP contribution in [0.4, 0.5) is 0 Å². The molecule has 3 fully saturated rings. The third kappa shape index (κ3) is 3.81. The summed E-state index contributed by atoms with van der Waals surface area (Å²) in [5, 5.41) is 0. The Kier molecular flexibility index (Phi) is 4.86. The topological polar surface area (TPSA) is 32.8 Å². The summed E-state index contributed by atoms with van der Waals surface area (Å²) in [6.45, 7) is 6.04. The van der Waals surface area contributed by atoms with Crippen LogP contribution in [-0.4, -0.2) is 61.1 Å². The molecule has 0 unspecified atom stereocenters. The zero-order valence-corrected chi connectivity index (χ0v) is 14.4. The maximum absolute atomic E-state index is 12.6. The highest BCUT2D eigenvalue weighted by molar-refractivity contribution is 5.94. The molecule has 1 aromatic rings. The lowest BCUT2D eigenvalue weighted by atomic mass is 10.1. The van der Waals surface area contributed by atoms with Crippen LogP contribution in [0.2, 0.25) is 0 Å². The Bertz CT molecular complexity index is 552. The Morgan fingerprint density at radius 1 is 1.08 bits per heavy atom. The van der Waals surface area contributed by atoms with Crippen molar-refractivity contribution < 1.29 is 9.53 Å². The number of hydrogen-bond acceptors (Lipinski definition) is 3. The maximum Gasteiger partial charge on any atom is 0.253 e. The molecule has 2 aliphatic heterocycles. The highest BCUT2D eigenvalue weighted by Gasteiger charge is 2.35. The fourth-order valence-electron chi connectivity index (χ4n) is 4.13. The first kappa shape index (κ1) is 16.1. The lowest BCUT2D eigenvalue weighted by molar-refractivity contribution is 0.0781. The van der Waals surface area contributed by atoms with E-state index in [4.69, 9.17) is 4.74 Å². The summed E-state index contributed by atoms with van der Waals surface area (Å²) >= 11 is 0. The number of benzene rings is 1. The smallest absolute Gasteiger partial charge is 0.253 e. The van der Waals surface area contributed by atoms with Crippen molar-refractivity contribution >= 4 is 5.91 Å². The second kappa shape index (κ2) is 7.24. The third-order valence-corrected chi connectivity index (χ3v) is 5.67. The van der Waals surface area contributed by atoms with Gasteiger partial charge in [0.25, 0.3) is 5.91 Å². The molecular weight excluding hydrogens is 300 g/mol. The zero-order chi connectivity index (χ0) is 16.4. The minimum Gasteiger partial charge on any atom is -0.381 e. The van der Waals surface area contributed by atoms with E-state index in [1.807, 2.05) is 35.2 Å². The van der Waals surface area contributed by atoms with Gasteiger partial charge >= 0.3 is 0 Å². The molecule has 2 atom stereocenters. The third-order valence-electron chi connectivity index (χ3n) is 5.67. The standard InChI is InChI=1S/C20H28N2O2/c23-20(18-4-2-1-3-5-18)21-10-8-16(12-21)13-22(19-6-7-19)14-17-9-11-24-15-17/h1-5,16-17,19H,6-15H2/t16-,17+/m1/s1. The largest absolute Gasteiger partial charge is 0.381 e. The molecule has 130 valence electrons. The highest BCUT2D eigenvalue weighted by atomic mass is 16.5. The van der Waals surface area contributed by atoms with Gasteiger partial charge in [-0.1, -0.05) is 18.2 Å². The van der Waals surface area contributed by atoms with Gasteiger partial charge in [0.1, 0.15) is 0 Å². The summed E-state index contributed by atoms with van der Waals surface area (Å²) in [5.74, 6) is 1.54. The average Bonchev–Trinajstić information content (AvgIpc) is 3.14. The van der Waals surface area contributed by atoms with Crippen LogP contribution in [0, 0.1) is 11.8 Å². The number of amides is 1. The van der Waals surface area contributed by atoms with Crippen molar-refractivity contribution in [1.82, 2.24) is 9.80 Å². The van der Waals surface area contributed by atoms with Crippen molar-refractivity contribution in [1.29, 1.82) is 0 Å². The van der Waals surface area contributed by atoms with Crippen LogP contribution in [0.5, 0.6) is 0 Å². The van der Waals surface area contributed by atoms with Gasteiger partial charge in [-0.25, -0.2) is 0 Å². The minimum atomic E-state index is 0.195. The van der Waals surface area contributed by atoms with Gasteiger partial charge in [0.05, 0.1) is 6.61 Å². The number of rotatable bonds is 6. The monoisotopic (exact) mass is 328 g/mol. The molecule has 3 aliphatic rings. The summed E-state index contributed by atoms with van der Waals surface area (Å²) in [6.07, 6.45) is 5.06. The Morgan fingerprint density at radius 2 is 1.88 bits per heavy atom. The molecule has 4 heteroatoms. The minimum absolute atomic E-state index is 0.195. The maximum atomic E-state index is 12.6. The normalized spacial score (nSPS) is 27.1. The second-order valence-corrected chi connectivity index (χ2v) is 7.69. The van der Waals surface area contributed by atoms with Gasteiger partial charge < -0.3 is 9.64 Å². The molecule has 0 radical (unpaired) electrons. The molecule has 1 aliphatic carbocycles. The van der Waals surface area contributed by atoms with Gasteiger partial charge in [-0.05, 0) is 49.7 Å². The summed E-state index contributed by atoms with van der Waals surface area (Å²) < 4.78 is 5.55. The van der Waals surface area contributed by atoms with E-state index in [9.17, 15) is 4.79 Å². The van der Waals surface area contributed by atoms with E-state index in [0.717, 1.165) is 50.9 Å². The summed E-state index contributed by atoms with van der Waals surface area (Å²) in [5.41, 5.74) is 0.820. The van der Waals surface area contributed by atoms with Crippen molar-refractivity contribution in [3.8, 4) is 0 Å². The van der Waals surface area contributed by atoms with Crippen LogP contribution in [0.25, 0.3) is 0 Å². The number of carbonyl (C=O) groups excluding carboxylic acids is 1. The first-order chi connectivity index (χ1) is 11.8. The fraction of sp³-hybridized carbons (Fsp3) is 0.650. The number of hydrogen-bond donors (Lipinski definition) is 0. The number of ether oxygens (including phenoxy) is 1. The molecule has 4 nitrogen and oxygen atoms in total. The molecule has 0 spiro atoms. The first-order valence-corrected chi connectivity index (χ1v) is 9.45. The van der Waals surface area contributed by atoms with Gasteiger partial charge in [-0.15, -0.1) is 0 Å². The predicted molar refractivity (Wildman–Crippen MR) is 94.0 cm³/mol. The van der Waals surface area contributed by atoms with Crippen LogP contribution in [0.1, 0.15) is 36.0 Å². The summed E-state index contributed by atoms with van der Waals surface area (Å²) in [4.78, 5) is 17.3. The predicted octanol–water partition coefficient (Wildman–Crippen LogP) is 2.65. The molecule has 0 bridgehead atoms. The Hall–Kier alpha value is -1.39. The van der Waals surface area contributed by atoms with Gasteiger partial charge in [0.15, 0.2) is 0 Å². The van der Waals surface area contributed by atoms with Crippen molar-refractivity contribution in [2.45, 2.75) is 31.7 Å². The Labute approximate surface area is 144 Å². The lowest BCUT2D eigenvalue weighted by Crippen LogP contribution is -2.37. The van der Waals surface area contributed by atoms with E-state index in [-0.39, 0.29) is 5.91 Å². The molecule has 2 saturated heterocycles. The van der Waals surface area contributed by atoms with Gasteiger partial charge in [0, 0.05) is 44.4 Å². The van der Waals surface area contributed by atoms with Crippen molar-refractivity contribution in [2.24, 2.45) is 11.8 Å². The molecule has 24 heavy (non-hydrogen) atoms. The van der Waals surface area contributed by atoms with Crippen molar-refractivity contribution in [3.05, 3.63) is 35.9 Å². The van der Waals surface area contributed by atoms with Crippen LogP contribution in [0.15, 0.2) is 30.3 Å². The quantitative estimate of drug-likeness (QED) is 0.805. The van der Waals surface area contributed by atoms with E-state index in [1.54, 1.807) is 0 Å². The van der Waals surface area contributed by atoms with Crippen molar-refractivity contribution in [2.75, 3.05) is 39.4 Å². The van der Waals surface area contributed by atoms with Crippen molar-refractivity contribution in [3.63, 3.8) is 0 Å². The summed E-state index contributed by atoms with van der Waals surface area (Å²) in [7, 11) is 0. The fourth-order valence-corrected chi connectivity index (χ4v) is 4.13. The number of carbonyl (C=O) groups is 1. The van der Waals surface area contributed by atoms with E-state index in [0.29, 0.717) is 11.8 Å². The highest BCUT2D eigenvalue weighted by Crippen LogP contribution is 2.31. The molecule has 1 saturated carbocycles. The molecule has 4 rings (SSSR count). The van der Waals surface area contributed by atoms with Gasteiger partial charge in [-0.2, -0.15) is 0 Å². The van der Waals surface area contributed by atoms with Crippen LogP contribution >= 0.6 is 0 Å². The molecule has 1 amide bonds. The molecular formula is C20H28N2O2. The van der Waals surface area contributed by atoms with Crippen LogP contribution < -0.4 is 0 Å².